The van der Waals surface area contributed by atoms with E-state index < -0.39 is 0 Å². The summed E-state index contributed by atoms with van der Waals surface area (Å²) in [6, 6.07) is 17.9. The van der Waals surface area contributed by atoms with Crippen LogP contribution in [0.2, 0.25) is 5.22 Å². The van der Waals surface area contributed by atoms with Crippen LogP contribution in [0, 0.1) is 0 Å². The Labute approximate surface area is 98.3 Å². The fourth-order valence-electron chi connectivity index (χ4n) is 1.89. The topological polar surface area (TPSA) is 13.1 Å². The van der Waals surface area contributed by atoms with Crippen LogP contribution in [-0.4, -0.2) is 0 Å². The molecule has 0 fully saturated rings. The quantitative estimate of drug-likeness (QED) is 0.586. The van der Waals surface area contributed by atoms with Gasteiger partial charge in [0.1, 0.15) is 5.58 Å². The number of fused-ring (bicyclic) bond motifs is 1. The van der Waals surface area contributed by atoms with Crippen molar-refractivity contribution in [3.05, 3.63) is 59.8 Å². The molecular formula is C14H9ClO. The molecule has 0 aliphatic heterocycles. The van der Waals surface area contributed by atoms with Crippen LogP contribution in [0.3, 0.4) is 0 Å². The third-order valence-corrected chi connectivity index (χ3v) is 2.88. The maximum absolute atomic E-state index is 6.14. The van der Waals surface area contributed by atoms with Crippen molar-refractivity contribution in [3.8, 4) is 11.1 Å². The zero-order valence-electron chi connectivity index (χ0n) is 8.48. The molecule has 0 aliphatic rings. The van der Waals surface area contributed by atoms with Gasteiger partial charge in [0.2, 0.25) is 5.22 Å². The van der Waals surface area contributed by atoms with E-state index in [1.54, 1.807) is 0 Å². The Morgan fingerprint density at radius 2 is 1.50 bits per heavy atom. The van der Waals surface area contributed by atoms with Gasteiger partial charge in [0.05, 0.1) is 0 Å². The van der Waals surface area contributed by atoms with Gasteiger partial charge in [0, 0.05) is 10.9 Å². The van der Waals surface area contributed by atoms with Gasteiger partial charge in [-0.2, -0.15) is 0 Å². The minimum Gasteiger partial charge on any atom is -0.444 e. The predicted molar refractivity (Wildman–Crippen MR) is 66.7 cm³/mol. The maximum Gasteiger partial charge on any atom is 0.202 e. The van der Waals surface area contributed by atoms with E-state index in [0.717, 1.165) is 22.1 Å². The summed E-state index contributed by atoms with van der Waals surface area (Å²) >= 11 is 6.14. The first-order chi connectivity index (χ1) is 7.86. The zero-order valence-corrected chi connectivity index (χ0v) is 9.24. The summed E-state index contributed by atoms with van der Waals surface area (Å²) in [5, 5.41) is 1.51. The lowest BCUT2D eigenvalue weighted by atomic mass is 10.1. The van der Waals surface area contributed by atoms with Gasteiger partial charge in [-0.05, 0) is 23.2 Å². The average Bonchev–Trinajstić information content (AvgIpc) is 2.66. The third kappa shape index (κ3) is 1.41. The van der Waals surface area contributed by atoms with E-state index in [1.807, 2.05) is 54.6 Å². The zero-order chi connectivity index (χ0) is 11.0. The minimum absolute atomic E-state index is 0.451. The summed E-state index contributed by atoms with van der Waals surface area (Å²) in [4.78, 5) is 0. The van der Waals surface area contributed by atoms with Crippen LogP contribution >= 0.6 is 11.6 Å². The molecule has 78 valence electrons. The minimum atomic E-state index is 0.451. The third-order valence-electron chi connectivity index (χ3n) is 2.61. The Hall–Kier alpha value is -1.73. The van der Waals surface area contributed by atoms with Gasteiger partial charge < -0.3 is 4.42 Å². The molecule has 0 saturated carbocycles. The van der Waals surface area contributed by atoms with Gasteiger partial charge in [-0.25, -0.2) is 0 Å². The summed E-state index contributed by atoms with van der Waals surface area (Å²) < 4.78 is 5.52. The molecule has 0 amide bonds. The second kappa shape index (κ2) is 3.69. The lowest BCUT2D eigenvalue weighted by Crippen LogP contribution is -1.74. The molecule has 1 nitrogen and oxygen atoms in total. The summed E-state index contributed by atoms with van der Waals surface area (Å²) in [5.74, 6) is 0. The Kier molecular flexibility index (Phi) is 2.19. The van der Waals surface area contributed by atoms with Gasteiger partial charge in [-0.15, -0.1) is 0 Å². The number of para-hydroxylation sites is 1. The highest BCUT2D eigenvalue weighted by Crippen LogP contribution is 2.37. The summed E-state index contributed by atoms with van der Waals surface area (Å²) in [5.41, 5.74) is 2.88. The van der Waals surface area contributed by atoms with E-state index in [-0.39, 0.29) is 0 Å². The summed E-state index contributed by atoms with van der Waals surface area (Å²) in [7, 11) is 0. The van der Waals surface area contributed by atoms with Gasteiger partial charge in [0.25, 0.3) is 0 Å². The van der Waals surface area contributed by atoms with Crippen LogP contribution in [-0.2, 0) is 0 Å². The monoisotopic (exact) mass is 228 g/mol. The van der Waals surface area contributed by atoms with E-state index in [9.17, 15) is 0 Å². The fourth-order valence-corrected chi connectivity index (χ4v) is 2.18. The number of halogens is 1. The highest BCUT2D eigenvalue weighted by Gasteiger charge is 2.12. The molecular weight excluding hydrogens is 220 g/mol. The average molecular weight is 229 g/mol. The Balaban J connectivity index is 2.35. The van der Waals surface area contributed by atoms with Crippen LogP contribution in [0.5, 0.6) is 0 Å². The van der Waals surface area contributed by atoms with Gasteiger partial charge in [-0.3, -0.25) is 0 Å². The fraction of sp³-hybridized carbons (Fsp3) is 0. The number of hydrogen-bond acceptors (Lipinski definition) is 1. The van der Waals surface area contributed by atoms with Gasteiger partial charge in [-0.1, -0.05) is 48.5 Å². The van der Waals surface area contributed by atoms with Crippen LogP contribution in [0.25, 0.3) is 22.1 Å². The summed E-state index contributed by atoms with van der Waals surface area (Å²) in [6.07, 6.45) is 0. The molecule has 2 heteroatoms. The van der Waals surface area contributed by atoms with Crippen molar-refractivity contribution in [3.63, 3.8) is 0 Å². The van der Waals surface area contributed by atoms with Crippen molar-refractivity contribution < 1.29 is 4.42 Å². The predicted octanol–water partition coefficient (Wildman–Crippen LogP) is 4.75. The molecule has 0 radical (unpaired) electrons. The van der Waals surface area contributed by atoms with Crippen molar-refractivity contribution in [1.82, 2.24) is 0 Å². The van der Waals surface area contributed by atoms with Crippen molar-refractivity contribution in [2.24, 2.45) is 0 Å². The molecule has 0 spiro atoms. The van der Waals surface area contributed by atoms with E-state index in [4.69, 9.17) is 16.0 Å². The molecule has 1 aromatic heterocycles. The van der Waals surface area contributed by atoms with Crippen molar-refractivity contribution in [2.45, 2.75) is 0 Å². The number of furan rings is 1. The second-order valence-electron chi connectivity index (χ2n) is 3.61. The van der Waals surface area contributed by atoms with E-state index in [1.165, 1.54) is 0 Å². The first kappa shape index (κ1) is 9.49. The summed E-state index contributed by atoms with van der Waals surface area (Å²) in [6.45, 7) is 0. The molecule has 0 unspecified atom stereocenters. The highest BCUT2D eigenvalue weighted by molar-refractivity contribution is 6.33. The van der Waals surface area contributed by atoms with Crippen molar-refractivity contribution >= 4 is 22.6 Å². The lowest BCUT2D eigenvalue weighted by Gasteiger charge is -1.98. The lowest BCUT2D eigenvalue weighted by molar-refractivity contribution is 0.619. The molecule has 0 saturated heterocycles. The van der Waals surface area contributed by atoms with Gasteiger partial charge >= 0.3 is 0 Å². The van der Waals surface area contributed by atoms with Crippen LogP contribution < -0.4 is 0 Å². The molecule has 0 N–H and O–H groups in total. The molecule has 0 aliphatic carbocycles. The molecule has 0 bridgehead atoms. The Morgan fingerprint density at radius 3 is 2.31 bits per heavy atom. The molecule has 1 heterocycles. The van der Waals surface area contributed by atoms with Crippen LogP contribution in [0.15, 0.2) is 59.0 Å². The largest absolute Gasteiger partial charge is 0.444 e. The van der Waals surface area contributed by atoms with Crippen molar-refractivity contribution in [2.75, 3.05) is 0 Å². The first-order valence-electron chi connectivity index (χ1n) is 5.09. The first-order valence-corrected chi connectivity index (χ1v) is 5.46. The van der Waals surface area contributed by atoms with E-state index >= 15 is 0 Å². The SMILES string of the molecule is Clc1oc2ccccc2c1-c1ccccc1. The Morgan fingerprint density at radius 1 is 0.812 bits per heavy atom. The van der Waals surface area contributed by atoms with Crippen LogP contribution in [0.1, 0.15) is 0 Å². The van der Waals surface area contributed by atoms with Crippen LogP contribution in [0.4, 0.5) is 0 Å². The highest BCUT2D eigenvalue weighted by atomic mass is 35.5. The van der Waals surface area contributed by atoms with Crippen molar-refractivity contribution in [1.29, 1.82) is 0 Å². The van der Waals surface area contributed by atoms with Gasteiger partial charge in [0.15, 0.2) is 0 Å². The molecule has 0 atom stereocenters. The number of benzene rings is 2. The molecule has 2 aromatic carbocycles. The maximum atomic E-state index is 6.14. The normalized spacial score (nSPS) is 10.8. The standard InChI is InChI=1S/C14H9ClO/c15-14-13(10-6-2-1-3-7-10)11-8-4-5-9-12(11)16-14/h1-9H. The van der Waals surface area contributed by atoms with E-state index in [0.29, 0.717) is 5.22 Å². The smallest absolute Gasteiger partial charge is 0.202 e. The molecule has 3 aromatic rings. The van der Waals surface area contributed by atoms with E-state index in [2.05, 4.69) is 0 Å². The molecule has 16 heavy (non-hydrogen) atoms. The number of hydrogen-bond donors (Lipinski definition) is 0. The Bertz CT molecular complexity index is 626. The molecule has 3 rings (SSSR count). The number of rotatable bonds is 1. The second-order valence-corrected chi connectivity index (χ2v) is 3.96.